The van der Waals surface area contributed by atoms with Crippen molar-refractivity contribution in [2.45, 2.75) is 42.7 Å². The predicted molar refractivity (Wildman–Crippen MR) is 134 cm³/mol. The molecule has 4 heterocycles. The lowest BCUT2D eigenvalue weighted by Crippen LogP contribution is -2.56. The van der Waals surface area contributed by atoms with Crippen molar-refractivity contribution in [2.24, 2.45) is 5.92 Å². The van der Waals surface area contributed by atoms with Crippen LogP contribution in [-0.4, -0.2) is 66.8 Å². The lowest BCUT2D eigenvalue weighted by atomic mass is 9.83. The van der Waals surface area contributed by atoms with Crippen LogP contribution in [0.4, 0.5) is 5.69 Å². The molecule has 0 aliphatic carbocycles. The van der Waals surface area contributed by atoms with Crippen LogP contribution < -0.4 is 16.0 Å². The Hall–Kier alpha value is -2.89. The lowest BCUT2D eigenvalue weighted by molar-refractivity contribution is -0.144. The van der Waals surface area contributed by atoms with Crippen molar-refractivity contribution in [3.63, 3.8) is 0 Å². The average Bonchev–Trinajstić information content (AvgIpc) is 2.83. The van der Waals surface area contributed by atoms with Crippen LogP contribution in [0.25, 0.3) is 0 Å². The van der Waals surface area contributed by atoms with E-state index in [9.17, 15) is 22.8 Å². The van der Waals surface area contributed by atoms with E-state index in [1.807, 2.05) is 6.07 Å². The van der Waals surface area contributed by atoms with Crippen LogP contribution in [0.15, 0.2) is 46.1 Å². The fourth-order valence-corrected chi connectivity index (χ4v) is 7.00. The normalized spacial score (nSPS) is 23.9. The van der Waals surface area contributed by atoms with E-state index in [0.29, 0.717) is 39.0 Å². The van der Waals surface area contributed by atoms with Crippen molar-refractivity contribution in [2.75, 3.05) is 31.9 Å². The molecule has 3 aliphatic heterocycles. The molecule has 12 heteroatoms. The van der Waals surface area contributed by atoms with Crippen molar-refractivity contribution in [3.8, 4) is 0 Å². The Morgan fingerprint density at radius 2 is 1.94 bits per heavy atom. The zero-order valence-electron chi connectivity index (χ0n) is 19.6. The largest absolute Gasteiger partial charge is 0.398 e. The summed E-state index contributed by atoms with van der Waals surface area (Å²) in [5.41, 5.74) is 6.85. The highest BCUT2D eigenvalue weighted by Crippen LogP contribution is 2.35. The number of nitrogens with zero attached hydrogens (tertiary/aromatic N) is 3. The van der Waals surface area contributed by atoms with Crippen molar-refractivity contribution < 1.29 is 18.0 Å². The van der Waals surface area contributed by atoms with E-state index in [4.69, 9.17) is 17.3 Å². The molecule has 3 N–H and O–H groups in total. The molecule has 10 nitrogen and oxygen atoms in total. The van der Waals surface area contributed by atoms with Crippen LogP contribution in [0.1, 0.15) is 30.9 Å². The van der Waals surface area contributed by atoms with Gasteiger partial charge in [-0.2, -0.15) is 4.72 Å². The van der Waals surface area contributed by atoms with Gasteiger partial charge in [-0.25, -0.2) is 8.42 Å². The van der Waals surface area contributed by atoms with Gasteiger partial charge in [-0.05, 0) is 49.4 Å². The zero-order chi connectivity index (χ0) is 25.6. The highest BCUT2D eigenvalue weighted by Gasteiger charge is 2.38. The number of piperidine rings is 2. The van der Waals surface area contributed by atoms with Gasteiger partial charge < -0.3 is 20.1 Å². The molecule has 0 radical (unpaired) electrons. The molecule has 5 rings (SSSR count). The van der Waals surface area contributed by atoms with Gasteiger partial charge in [-0.1, -0.05) is 17.7 Å². The SMILES string of the molecule is Nc1ccc(S(=O)(=O)N[C@H]2CCCN(CC(=O)N3CC4C[C@@H](C3)Cn3c4cccc3=O)C2=O)cc1Cl. The predicted octanol–water partition coefficient (Wildman–Crippen LogP) is 0.999. The van der Waals surface area contributed by atoms with Crippen LogP contribution in [0.2, 0.25) is 5.02 Å². The minimum absolute atomic E-state index is 0.0179. The second kappa shape index (κ2) is 9.53. The van der Waals surface area contributed by atoms with Gasteiger partial charge in [0.2, 0.25) is 21.8 Å². The number of aromatic nitrogens is 1. The molecule has 192 valence electrons. The van der Waals surface area contributed by atoms with Gasteiger partial charge in [0.15, 0.2) is 0 Å². The molecule has 3 aliphatic rings. The Labute approximate surface area is 214 Å². The Balaban J connectivity index is 1.25. The molecule has 2 fully saturated rings. The van der Waals surface area contributed by atoms with Crippen LogP contribution >= 0.6 is 11.6 Å². The molecule has 0 saturated carbocycles. The number of carbonyl (C=O) groups excluding carboxylic acids is 2. The van der Waals surface area contributed by atoms with Gasteiger partial charge in [0.1, 0.15) is 6.04 Å². The molecule has 3 atom stereocenters. The minimum atomic E-state index is -4.01. The van der Waals surface area contributed by atoms with Crippen LogP contribution in [0.5, 0.6) is 0 Å². The van der Waals surface area contributed by atoms with E-state index in [1.54, 1.807) is 21.6 Å². The Morgan fingerprint density at radius 1 is 1.14 bits per heavy atom. The van der Waals surface area contributed by atoms with E-state index >= 15 is 0 Å². The number of likely N-dealkylation sites (tertiary alicyclic amines) is 2. The fraction of sp³-hybridized carbons (Fsp3) is 0.458. The van der Waals surface area contributed by atoms with E-state index in [1.165, 1.54) is 23.1 Å². The second-order valence-corrected chi connectivity index (χ2v) is 11.9. The molecule has 36 heavy (non-hydrogen) atoms. The third-order valence-electron chi connectivity index (χ3n) is 7.27. The highest BCUT2D eigenvalue weighted by molar-refractivity contribution is 7.89. The number of benzene rings is 1. The maximum Gasteiger partial charge on any atom is 0.250 e. The monoisotopic (exact) mass is 533 g/mol. The molecule has 1 unspecified atom stereocenters. The third kappa shape index (κ3) is 4.74. The number of sulfonamides is 1. The van der Waals surface area contributed by atoms with Gasteiger partial charge in [0, 0.05) is 43.9 Å². The smallest absolute Gasteiger partial charge is 0.250 e. The number of nitrogen functional groups attached to an aromatic ring is 1. The van der Waals surface area contributed by atoms with Gasteiger partial charge in [-0.3, -0.25) is 14.4 Å². The summed E-state index contributed by atoms with van der Waals surface area (Å²) in [6.07, 6.45) is 1.83. The molecule has 2 amide bonds. The molecule has 2 aromatic rings. The highest BCUT2D eigenvalue weighted by atomic mass is 35.5. The quantitative estimate of drug-likeness (QED) is 0.550. The second-order valence-electron chi connectivity index (χ2n) is 9.76. The molecular weight excluding hydrogens is 506 g/mol. The molecule has 1 aromatic heterocycles. The first-order valence-corrected chi connectivity index (χ1v) is 13.8. The summed E-state index contributed by atoms with van der Waals surface area (Å²) in [7, 11) is -4.01. The lowest BCUT2D eigenvalue weighted by Gasteiger charge is -2.43. The number of rotatable bonds is 5. The molecule has 0 spiro atoms. The van der Waals surface area contributed by atoms with E-state index < -0.39 is 22.0 Å². The summed E-state index contributed by atoms with van der Waals surface area (Å²) in [6, 6.07) is 8.25. The van der Waals surface area contributed by atoms with Crippen LogP contribution in [0.3, 0.4) is 0 Å². The summed E-state index contributed by atoms with van der Waals surface area (Å²) in [5.74, 6) is -0.324. The average molecular weight is 534 g/mol. The van der Waals surface area contributed by atoms with Crippen molar-refractivity contribution in [3.05, 3.63) is 57.5 Å². The van der Waals surface area contributed by atoms with Crippen molar-refractivity contribution >= 4 is 39.1 Å². The maximum atomic E-state index is 13.2. The number of anilines is 1. The van der Waals surface area contributed by atoms with E-state index in [-0.39, 0.29) is 45.5 Å². The van der Waals surface area contributed by atoms with Crippen molar-refractivity contribution in [1.82, 2.24) is 19.1 Å². The molecule has 2 saturated heterocycles. The minimum Gasteiger partial charge on any atom is -0.398 e. The molecule has 1 aromatic carbocycles. The fourth-order valence-electron chi connectivity index (χ4n) is 5.50. The summed E-state index contributed by atoms with van der Waals surface area (Å²) < 4.78 is 30.0. The summed E-state index contributed by atoms with van der Waals surface area (Å²) >= 11 is 5.97. The van der Waals surface area contributed by atoms with Gasteiger partial charge in [0.05, 0.1) is 22.2 Å². The van der Waals surface area contributed by atoms with Gasteiger partial charge in [0.25, 0.3) is 5.56 Å². The maximum absolute atomic E-state index is 13.2. The third-order valence-corrected chi connectivity index (χ3v) is 9.07. The standard InChI is InChI=1S/C24H28ClN5O5S/c25-18-10-17(6-7-19(18)26)36(34,35)27-20-3-2-8-28(24(20)33)14-23(32)29-11-15-9-16(13-29)21-4-1-5-22(31)30(21)12-15/h1,4-7,10,15-16,20,27H,2-3,8-9,11-14,26H2/t15-,16?,20-/m0/s1. The first kappa shape index (κ1) is 24.8. The van der Waals surface area contributed by atoms with Crippen LogP contribution in [-0.2, 0) is 26.2 Å². The number of hydrogen-bond acceptors (Lipinski definition) is 6. The number of pyridine rings is 1. The van der Waals surface area contributed by atoms with Crippen LogP contribution in [0, 0.1) is 5.92 Å². The topological polar surface area (TPSA) is 135 Å². The first-order valence-electron chi connectivity index (χ1n) is 12.0. The first-order chi connectivity index (χ1) is 17.1. The van der Waals surface area contributed by atoms with E-state index in [0.717, 1.165) is 12.1 Å². The van der Waals surface area contributed by atoms with Gasteiger partial charge >= 0.3 is 0 Å². The number of carbonyl (C=O) groups is 2. The number of nitrogens with two attached hydrogens (primary N) is 1. The Bertz CT molecular complexity index is 1380. The zero-order valence-corrected chi connectivity index (χ0v) is 21.2. The summed E-state index contributed by atoms with van der Waals surface area (Å²) in [6.45, 7) is 1.89. The summed E-state index contributed by atoms with van der Waals surface area (Å²) in [5, 5.41) is 0.110. The number of hydrogen-bond donors (Lipinski definition) is 2. The van der Waals surface area contributed by atoms with Gasteiger partial charge in [-0.15, -0.1) is 0 Å². The molecule has 2 bridgehead atoms. The number of nitrogens with one attached hydrogen (secondary N) is 1. The summed E-state index contributed by atoms with van der Waals surface area (Å²) in [4.78, 5) is 41.7. The Kier molecular flexibility index (Phi) is 6.56. The number of halogens is 1. The number of amides is 2. The Morgan fingerprint density at radius 3 is 2.72 bits per heavy atom. The molecular formula is C24H28ClN5O5S. The van der Waals surface area contributed by atoms with Crippen molar-refractivity contribution in [1.29, 1.82) is 0 Å². The van der Waals surface area contributed by atoms with E-state index in [2.05, 4.69) is 4.72 Å². The number of fused-ring (bicyclic) bond motifs is 4.